The number of methoxy groups -OCH3 is 1. The molecule has 0 spiro atoms. The van der Waals surface area contributed by atoms with Gasteiger partial charge in [0.1, 0.15) is 11.6 Å². The molecule has 1 saturated carbocycles. The Kier molecular flexibility index (Phi) is 5.08. The number of ether oxygens (including phenoxy) is 1. The Morgan fingerprint density at radius 3 is 2.72 bits per heavy atom. The highest BCUT2D eigenvalue weighted by molar-refractivity contribution is 5.60. The lowest BCUT2D eigenvalue weighted by Gasteiger charge is -2.13. The smallest absolute Gasteiger partial charge is 0.229 e. The van der Waals surface area contributed by atoms with Crippen molar-refractivity contribution < 1.29 is 4.74 Å². The fourth-order valence-electron chi connectivity index (χ4n) is 3.28. The first-order valence-electron chi connectivity index (χ1n) is 8.63. The molecule has 1 aliphatic rings. The van der Waals surface area contributed by atoms with E-state index in [4.69, 9.17) is 4.74 Å². The Balaban J connectivity index is 1.81. The van der Waals surface area contributed by atoms with Crippen molar-refractivity contribution in [2.24, 2.45) is 5.92 Å². The van der Waals surface area contributed by atoms with Crippen molar-refractivity contribution in [3.8, 4) is 5.75 Å². The molecule has 0 bridgehead atoms. The summed E-state index contributed by atoms with van der Waals surface area (Å²) in [7, 11) is 7.84. The number of nitrogens with one attached hydrogen (secondary N) is 2. The molecule has 2 aromatic rings. The molecule has 2 atom stereocenters. The third-order valence-corrected chi connectivity index (χ3v) is 4.52. The minimum Gasteiger partial charge on any atom is -0.496 e. The molecule has 1 fully saturated rings. The second kappa shape index (κ2) is 7.27. The van der Waals surface area contributed by atoms with Crippen LogP contribution in [0.5, 0.6) is 5.75 Å². The van der Waals surface area contributed by atoms with Crippen LogP contribution in [0.2, 0.25) is 0 Å². The highest BCUT2D eigenvalue weighted by Crippen LogP contribution is 2.51. The number of benzene rings is 1. The van der Waals surface area contributed by atoms with Gasteiger partial charge in [-0.3, -0.25) is 0 Å². The van der Waals surface area contributed by atoms with E-state index < -0.39 is 0 Å². The summed E-state index contributed by atoms with van der Waals surface area (Å²) in [5, 5.41) is 6.38. The third-order valence-electron chi connectivity index (χ3n) is 4.52. The van der Waals surface area contributed by atoms with Gasteiger partial charge in [0.25, 0.3) is 0 Å². The topological polar surface area (TPSA) is 62.3 Å². The van der Waals surface area contributed by atoms with E-state index in [-0.39, 0.29) is 0 Å². The van der Waals surface area contributed by atoms with E-state index in [1.54, 1.807) is 7.11 Å². The van der Waals surface area contributed by atoms with Crippen molar-refractivity contribution in [2.45, 2.75) is 19.3 Å². The third kappa shape index (κ3) is 4.20. The molecular weight excluding hydrogens is 314 g/mol. The number of nitrogens with zero attached hydrogens (tertiary/aromatic N) is 3. The molecule has 25 heavy (non-hydrogen) atoms. The molecule has 0 amide bonds. The van der Waals surface area contributed by atoms with E-state index in [0.717, 1.165) is 29.5 Å². The zero-order valence-electron chi connectivity index (χ0n) is 15.6. The van der Waals surface area contributed by atoms with E-state index in [1.807, 2.05) is 32.2 Å². The zero-order chi connectivity index (χ0) is 18.0. The van der Waals surface area contributed by atoms with E-state index in [1.165, 1.54) is 12.0 Å². The van der Waals surface area contributed by atoms with Gasteiger partial charge in [-0.1, -0.05) is 0 Å². The summed E-state index contributed by atoms with van der Waals surface area (Å²) in [4.78, 5) is 11.2. The molecule has 6 heteroatoms. The van der Waals surface area contributed by atoms with Crippen molar-refractivity contribution in [1.82, 2.24) is 14.9 Å². The Hall–Kier alpha value is -2.34. The average molecular weight is 341 g/mol. The predicted molar refractivity (Wildman–Crippen MR) is 102 cm³/mol. The predicted octanol–water partition coefficient (Wildman–Crippen LogP) is 3.24. The maximum atomic E-state index is 5.58. The zero-order valence-corrected chi connectivity index (χ0v) is 15.6. The minimum atomic E-state index is 0.561. The van der Waals surface area contributed by atoms with Gasteiger partial charge < -0.3 is 20.3 Å². The van der Waals surface area contributed by atoms with Crippen LogP contribution in [-0.4, -0.2) is 49.7 Å². The van der Waals surface area contributed by atoms with Crippen molar-refractivity contribution in [2.75, 3.05) is 45.4 Å². The van der Waals surface area contributed by atoms with Crippen molar-refractivity contribution in [3.05, 3.63) is 35.5 Å². The van der Waals surface area contributed by atoms with Gasteiger partial charge in [-0.25, -0.2) is 4.98 Å². The van der Waals surface area contributed by atoms with E-state index in [9.17, 15) is 0 Å². The molecule has 1 heterocycles. The van der Waals surface area contributed by atoms with Crippen LogP contribution >= 0.6 is 0 Å². The number of hydrogen-bond acceptors (Lipinski definition) is 6. The molecule has 0 unspecified atom stereocenters. The van der Waals surface area contributed by atoms with Crippen LogP contribution in [0, 0.1) is 12.8 Å². The van der Waals surface area contributed by atoms with Gasteiger partial charge in [-0.2, -0.15) is 4.98 Å². The fourth-order valence-corrected chi connectivity index (χ4v) is 3.28. The standard InChI is InChI=1S/C19H27N5O/c1-12-8-18(20-2)23-19(21-12)22-14-6-7-17(25-5)16(10-14)15-9-13(15)11-24(3)4/h6-8,10,13,15H,9,11H2,1-5H3,(H2,20,21,22,23)/t13-,15+/m1/s1. The summed E-state index contributed by atoms with van der Waals surface area (Å²) in [6.45, 7) is 3.07. The van der Waals surface area contributed by atoms with Gasteiger partial charge >= 0.3 is 0 Å². The van der Waals surface area contributed by atoms with E-state index in [2.05, 4.69) is 45.7 Å². The molecule has 3 rings (SSSR count). The lowest BCUT2D eigenvalue weighted by atomic mass is 10.1. The first-order chi connectivity index (χ1) is 12.0. The van der Waals surface area contributed by atoms with Crippen LogP contribution in [0.3, 0.4) is 0 Å². The largest absolute Gasteiger partial charge is 0.496 e. The number of aromatic nitrogens is 2. The minimum absolute atomic E-state index is 0.561. The second-order valence-corrected chi connectivity index (χ2v) is 6.91. The molecule has 0 radical (unpaired) electrons. The Morgan fingerprint density at radius 2 is 2.04 bits per heavy atom. The summed E-state index contributed by atoms with van der Waals surface area (Å²) < 4.78 is 5.58. The highest BCUT2D eigenvalue weighted by atomic mass is 16.5. The molecule has 0 saturated heterocycles. The molecule has 1 aliphatic carbocycles. The molecular formula is C19H27N5O. The van der Waals surface area contributed by atoms with Crippen molar-refractivity contribution in [3.63, 3.8) is 0 Å². The fraction of sp³-hybridized carbons (Fsp3) is 0.474. The van der Waals surface area contributed by atoms with Crippen LogP contribution in [0.15, 0.2) is 24.3 Å². The highest BCUT2D eigenvalue weighted by Gasteiger charge is 2.40. The van der Waals surface area contributed by atoms with E-state index >= 15 is 0 Å². The SMILES string of the molecule is CNc1cc(C)nc(Nc2ccc(OC)c([C@H]3C[C@@H]3CN(C)C)c2)n1. The van der Waals surface area contributed by atoms with Crippen LogP contribution in [0.1, 0.15) is 23.6 Å². The van der Waals surface area contributed by atoms with E-state index in [0.29, 0.717) is 17.8 Å². The number of rotatable bonds is 7. The van der Waals surface area contributed by atoms with Gasteiger partial charge in [-0.05, 0) is 63.0 Å². The number of hydrogen-bond donors (Lipinski definition) is 2. The second-order valence-electron chi connectivity index (χ2n) is 6.91. The summed E-state index contributed by atoms with van der Waals surface area (Å²) in [5.74, 6) is 3.62. The van der Waals surface area contributed by atoms with Crippen LogP contribution in [0.4, 0.5) is 17.5 Å². The maximum absolute atomic E-state index is 5.58. The van der Waals surface area contributed by atoms with Crippen molar-refractivity contribution >= 4 is 17.5 Å². The Labute approximate surface area is 149 Å². The van der Waals surface area contributed by atoms with Gasteiger partial charge in [0.15, 0.2) is 0 Å². The molecule has 2 N–H and O–H groups in total. The monoisotopic (exact) mass is 341 g/mol. The maximum Gasteiger partial charge on any atom is 0.229 e. The summed E-state index contributed by atoms with van der Waals surface area (Å²) >= 11 is 0. The average Bonchev–Trinajstić information content (AvgIpc) is 3.32. The summed E-state index contributed by atoms with van der Waals surface area (Å²) in [6, 6.07) is 8.12. The van der Waals surface area contributed by atoms with Gasteiger partial charge in [0.05, 0.1) is 7.11 Å². The normalized spacial score (nSPS) is 19.0. The van der Waals surface area contributed by atoms with Crippen LogP contribution in [-0.2, 0) is 0 Å². The first kappa shape index (κ1) is 17.5. The van der Waals surface area contributed by atoms with Crippen LogP contribution in [0.25, 0.3) is 0 Å². The molecule has 0 aliphatic heterocycles. The van der Waals surface area contributed by atoms with Gasteiger partial charge in [0, 0.05) is 31.0 Å². The van der Waals surface area contributed by atoms with Crippen LogP contribution < -0.4 is 15.4 Å². The first-order valence-corrected chi connectivity index (χ1v) is 8.63. The summed E-state index contributed by atoms with van der Waals surface area (Å²) in [6.07, 6.45) is 1.21. The molecule has 1 aromatic heterocycles. The number of aryl methyl sites for hydroxylation is 1. The quantitative estimate of drug-likeness (QED) is 0.806. The summed E-state index contributed by atoms with van der Waals surface area (Å²) in [5.41, 5.74) is 3.17. The molecule has 134 valence electrons. The lowest BCUT2D eigenvalue weighted by Crippen LogP contribution is -2.15. The molecule has 1 aromatic carbocycles. The Morgan fingerprint density at radius 1 is 1.24 bits per heavy atom. The molecule has 6 nitrogen and oxygen atoms in total. The number of anilines is 3. The van der Waals surface area contributed by atoms with Gasteiger partial charge in [0.2, 0.25) is 5.95 Å². The van der Waals surface area contributed by atoms with Gasteiger partial charge in [-0.15, -0.1) is 0 Å². The van der Waals surface area contributed by atoms with Crippen molar-refractivity contribution in [1.29, 1.82) is 0 Å². The Bertz CT molecular complexity index is 747. The lowest BCUT2D eigenvalue weighted by molar-refractivity contribution is 0.382.